The lowest BCUT2D eigenvalue weighted by molar-refractivity contribution is 0.584. The zero-order valence-electron chi connectivity index (χ0n) is 12.1. The molecular formula is C19H12F2N2. The van der Waals surface area contributed by atoms with Gasteiger partial charge in [-0.15, -0.1) is 0 Å². The summed E-state index contributed by atoms with van der Waals surface area (Å²) in [5.74, 6) is -1.23. The Morgan fingerprint density at radius 3 is 2.52 bits per heavy atom. The Bertz CT molecular complexity index is 912. The molecule has 0 aliphatic carbocycles. The van der Waals surface area contributed by atoms with Crippen molar-refractivity contribution in [2.75, 3.05) is 0 Å². The van der Waals surface area contributed by atoms with Gasteiger partial charge in [-0.1, -0.05) is 18.2 Å². The van der Waals surface area contributed by atoms with Gasteiger partial charge in [0.2, 0.25) is 0 Å². The van der Waals surface area contributed by atoms with E-state index in [2.05, 4.69) is 9.98 Å². The molecule has 0 fully saturated rings. The number of nitrogens with zero attached hydrogens (tertiary/aromatic N) is 2. The summed E-state index contributed by atoms with van der Waals surface area (Å²) in [7, 11) is 0. The lowest BCUT2D eigenvalue weighted by Gasteiger charge is -2.10. The molecule has 0 saturated carbocycles. The smallest absolute Gasteiger partial charge is 0.126 e. The highest BCUT2D eigenvalue weighted by Crippen LogP contribution is 2.32. The molecular weight excluding hydrogens is 294 g/mol. The van der Waals surface area contributed by atoms with E-state index in [4.69, 9.17) is 0 Å². The normalized spacial score (nSPS) is 12.4. The lowest BCUT2D eigenvalue weighted by atomic mass is 9.96. The molecule has 0 spiro atoms. The van der Waals surface area contributed by atoms with Crippen molar-refractivity contribution in [3.8, 4) is 22.4 Å². The fraction of sp³-hybridized carbons (Fsp3) is 0.0526. The molecule has 1 aromatic heterocycles. The minimum atomic E-state index is -0.613. The highest BCUT2D eigenvalue weighted by atomic mass is 19.1. The van der Waals surface area contributed by atoms with Crippen LogP contribution in [0, 0.1) is 11.6 Å². The van der Waals surface area contributed by atoms with Crippen LogP contribution in [0.5, 0.6) is 0 Å². The number of fused-ring (bicyclic) bond motifs is 1. The molecule has 2 heterocycles. The first kappa shape index (κ1) is 13.8. The fourth-order valence-corrected chi connectivity index (χ4v) is 2.83. The summed E-state index contributed by atoms with van der Waals surface area (Å²) < 4.78 is 27.1. The molecule has 4 heteroatoms. The molecule has 0 N–H and O–H groups in total. The maximum atomic E-state index is 13.5. The van der Waals surface area contributed by atoms with Crippen LogP contribution in [0.2, 0.25) is 0 Å². The maximum Gasteiger partial charge on any atom is 0.126 e. The van der Waals surface area contributed by atoms with E-state index < -0.39 is 11.6 Å². The second-order valence-electron chi connectivity index (χ2n) is 5.44. The summed E-state index contributed by atoms with van der Waals surface area (Å²) in [6.45, 7) is 0.699. The molecule has 1 aliphatic heterocycles. The molecule has 2 nitrogen and oxygen atoms in total. The van der Waals surface area contributed by atoms with E-state index >= 15 is 0 Å². The molecule has 3 aromatic rings. The van der Waals surface area contributed by atoms with Crippen molar-refractivity contribution in [1.82, 2.24) is 4.98 Å². The van der Waals surface area contributed by atoms with Gasteiger partial charge in [0.25, 0.3) is 0 Å². The van der Waals surface area contributed by atoms with Gasteiger partial charge in [-0.2, -0.15) is 0 Å². The molecule has 0 bridgehead atoms. The van der Waals surface area contributed by atoms with Crippen molar-refractivity contribution >= 4 is 6.21 Å². The summed E-state index contributed by atoms with van der Waals surface area (Å²) in [6, 6.07) is 13.2. The molecule has 0 radical (unpaired) electrons. The van der Waals surface area contributed by atoms with Crippen LogP contribution in [-0.2, 0) is 6.54 Å². The number of halogens is 2. The van der Waals surface area contributed by atoms with Gasteiger partial charge in [0, 0.05) is 29.6 Å². The third-order valence-corrected chi connectivity index (χ3v) is 3.89. The fourth-order valence-electron chi connectivity index (χ4n) is 2.83. The first-order valence-corrected chi connectivity index (χ1v) is 7.25. The molecule has 0 unspecified atom stereocenters. The second-order valence-corrected chi connectivity index (χ2v) is 5.44. The van der Waals surface area contributed by atoms with Crippen LogP contribution >= 0.6 is 0 Å². The molecule has 23 heavy (non-hydrogen) atoms. The highest BCUT2D eigenvalue weighted by molar-refractivity contribution is 5.89. The van der Waals surface area contributed by atoms with E-state index in [-0.39, 0.29) is 0 Å². The number of hydrogen-bond acceptors (Lipinski definition) is 2. The van der Waals surface area contributed by atoms with E-state index in [1.807, 2.05) is 36.5 Å². The molecule has 0 saturated heterocycles. The average molecular weight is 306 g/mol. The molecule has 0 atom stereocenters. The van der Waals surface area contributed by atoms with Crippen molar-refractivity contribution in [3.05, 3.63) is 77.5 Å². The largest absolute Gasteiger partial charge is 0.288 e. The van der Waals surface area contributed by atoms with Crippen molar-refractivity contribution in [2.45, 2.75) is 6.54 Å². The average Bonchev–Trinajstić information content (AvgIpc) is 3.01. The maximum absolute atomic E-state index is 13.5. The summed E-state index contributed by atoms with van der Waals surface area (Å²) in [6.07, 6.45) is 3.47. The predicted octanol–water partition coefficient (Wildman–Crippen LogP) is 4.63. The van der Waals surface area contributed by atoms with Crippen LogP contribution in [0.4, 0.5) is 8.78 Å². The number of aliphatic imine (C=N–C) groups is 1. The number of aromatic nitrogens is 1. The third-order valence-electron chi connectivity index (χ3n) is 3.89. The monoisotopic (exact) mass is 306 g/mol. The van der Waals surface area contributed by atoms with Crippen LogP contribution in [0.15, 0.2) is 59.7 Å². The van der Waals surface area contributed by atoms with Gasteiger partial charge in [-0.05, 0) is 41.0 Å². The Balaban J connectivity index is 1.89. The first-order chi connectivity index (χ1) is 11.2. The van der Waals surface area contributed by atoms with Crippen molar-refractivity contribution in [2.24, 2.45) is 4.99 Å². The highest BCUT2D eigenvalue weighted by Gasteiger charge is 2.13. The molecule has 112 valence electrons. The van der Waals surface area contributed by atoms with Crippen LogP contribution in [0.25, 0.3) is 22.4 Å². The van der Waals surface area contributed by atoms with Gasteiger partial charge < -0.3 is 0 Å². The number of rotatable bonds is 2. The Labute approximate surface area is 132 Å². The number of pyridine rings is 1. The third kappa shape index (κ3) is 2.52. The Hall–Kier alpha value is -2.88. The second kappa shape index (κ2) is 5.39. The Morgan fingerprint density at radius 1 is 0.870 bits per heavy atom. The van der Waals surface area contributed by atoms with Crippen molar-refractivity contribution in [3.63, 3.8) is 0 Å². The standard InChI is InChI=1S/C19H12F2N2/c20-16-7-14(8-17(21)9-16)19-18(2-1-5-23-19)12-3-4-13-10-22-11-15(13)6-12/h1-9,11H,10H2. The van der Waals surface area contributed by atoms with Crippen LogP contribution < -0.4 is 0 Å². The van der Waals surface area contributed by atoms with Crippen LogP contribution in [0.3, 0.4) is 0 Å². The van der Waals surface area contributed by atoms with Gasteiger partial charge in [-0.25, -0.2) is 8.78 Å². The summed E-state index contributed by atoms with van der Waals surface area (Å²) in [4.78, 5) is 8.58. The van der Waals surface area contributed by atoms with Gasteiger partial charge in [0.05, 0.1) is 12.2 Å². The van der Waals surface area contributed by atoms with E-state index in [0.29, 0.717) is 17.8 Å². The van der Waals surface area contributed by atoms with Crippen molar-refractivity contribution in [1.29, 1.82) is 0 Å². The number of hydrogen-bond donors (Lipinski definition) is 0. The van der Waals surface area contributed by atoms with Crippen LogP contribution in [0.1, 0.15) is 11.1 Å². The zero-order chi connectivity index (χ0) is 15.8. The summed E-state index contributed by atoms with van der Waals surface area (Å²) >= 11 is 0. The van der Waals surface area contributed by atoms with Crippen LogP contribution in [-0.4, -0.2) is 11.2 Å². The molecule has 0 amide bonds. The lowest BCUT2D eigenvalue weighted by Crippen LogP contribution is -1.92. The molecule has 2 aromatic carbocycles. The van der Waals surface area contributed by atoms with Crippen molar-refractivity contribution < 1.29 is 8.78 Å². The first-order valence-electron chi connectivity index (χ1n) is 7.25. The summed E-state index contributed by atoms with van der Waals surface area (Å²) in [5.41, 5.74) is 5.01. The van der Waals surface area contributed by atoms with E-state index in [0.717, 1.165) is 22.8 Å². The van der Waals surface area contributed by atoms with Gasteiger partial charge >= 0.3 is 0 Å². The summed E-state index contributed by atoms with van der Waals surface area (Å²) in [5, 5.41) is 0. The zero-order valence-corrected chi connectivity index (χ0v) is 12.1. The Kier molecular flexibility index (Phi) is 3.23. The molecule has 4 rings (SSSR count). The van der Waals surface area contributed by atoms with Gasteiger partial charge in [0.1, 0.15) is 11.6 Å². The minimum absolute atomic E-state index is 0.423. The Morgan fingerprint density at radius 2 is 1.70 bits per heavy atom. The van der Waals surface area contributed by atoms with Gasteiger partial charge in [0.15, 0.2) is 0 Å². The van der Waals surface area contributed by atoms with E-state index in [1.54, 1.807) is 6.20 Å². The van der Waals surface area contributed by atoms with Gasteiger partial charge in [-0.3, -0.25) is 9.98 Å². The number of benzene rings is 2. The van der Waals surface area contributed by atoms with E-state index in [9.17, 15) is 8.78 Å². The minimum Gasteiger partial charge on any atom is -0.288 e. The topological polar surface area (TPSA) is 25.2 Å². The molecule has 1 aliphatic rings. The quantitative estimate of drug-likeness (QED) is 0.678. The SMILES string of the molecule is Fc1cc(F)cc(-c2ncccc2-c2ccc3c(c2)C=NC3)c1. The van der Waals surface area contributed by atoms with E-state index in [1.165, 1.54) is 17.7 Å². The predicted molar refractivity (Wildman–Crippen MR) is 86.3 cm³/mol.